The minimum Gasteiger partial charge on any atom is -0.495 e. The van der Waals surface area contributed by atoms with Crippen molar-refractivity contribution >= 4 is 44.3 Å². The molecule has 0 aliphatic rings. The maximum absolute atomic E-state index is 6.35. The summed E-state index contributed by atoms with van der Waals surface area (Å²) in [5.41, 5.74) is 1.55. The van der Waals surface area contributed by atoms with Gasteiger partial charge in [0.05, 0.1) is 7.11 Å². The Balaban J connectivity index is 2.23. The van der Waals surface area contributed by atoms with Crippen molar-refractivity contribution in [2.24, 2.45) is 0 Å². The van der Waals surface area contributed by atoms with Gasteiger partial charge in [-0.1, -0.05) is 41.9 Å². The molecule has 2 nitrogen and oxygen atoms in total. The van der Waals surface area contributed by atoms with Gasteiger partial charge in [0.15, 0.2) is 5.58 Å². The normalized spacial score (nSPS) is 11.5. The quantitative estimate of drug-likeness (QED) is 0.466. The first-order valence-electron chi connectivity index (χ1n) is 6.36. The van der Waals surface area contributed by atoms with E-state index < -0.39 is 0 Å². The lowest BCUT2D eigenvalue weighted by molar-refractivity contribution is 0.415. The molecule has 0 unspecified atom stereocenters. The Morgan fingerprint density at radius 2 is 1.60 bits per heavy atom. The van der Waals surface area contributed by atoms with Gasteiger partial charge >= 0.3 is 0 Å². The van der Waals surface area contributed by atoms with E-state index in [9.17, 15) is 0 Å². The second-order valence-electron chi connectivity index (χ2n) is 4.72. The number of fused-ring (bicyclic) bond motifs is 5. The molecule has 0 radical (unpaired) electrons. The first kappa shape index (κ1) is 11.6. The highest BCUT2D eigenvalue weighted by atomic mass is 35.5. The predicted octanol–water partition coefficient (Wildman–Crippen LogP) is 5.40. The van der Waals surface area contributed by atoms with Gasteiger partial charge < -0.3 is 9.15 Å². The number of methoxy groups -OCH3 is 1. The highest BCUT2D eigenvalue weighted by Crippen LogP contribution is 2.40. The molecule has 0 spiro atoms. The summed E-state index contributed by atoms with van der Waals surface area (Å²) in [6, 6.07) is 16.2. The Labute approximate surface area is 120 Å². The average molecular weight is 283 g/mol. The third-order valence-corrected chi connectivity index (χ3v) is 4.01. The zero-order chi connectivity index (χ0) is 13.7. The van der Waals surface area contributed by atoms with Crippen LogP contribution in [-0.2, 0) is 0 Å². The van der Waals surface area contributed by atoms with Crippen LogP contribution in [0.25, 0.3) is 32.7 Å². The summed E-state index contributed by atoms with van der Waals surface area (Å²) < 4.78 is 11.3. The number of hydrogen-bond acceptors (Lipinski definition) is 2. The second-order valence-corrected chi connectivity index (χ2v) is 5.10. The molecule has 0 amide bonds. The standard InChI is InChI=1S/C17H11ClO2/c1-19-14-9-8-13-12-7-6-10-4-2-3-5-11(10)16(12)20-17(13)15(14)18/h2-9H,1H3. The summed E-state index contributed by atoms with van der Waals surface area (Å²) in [6.45, 7) is 0. The average Bonchev–Trinajstić information content (AvgIpc) is 2.88. The van der Waals surface area contributed by atoms with Crippen LogP contribution in [0.3, 0.4) is 0 Å². The number of benzene rings is 3. The van der Waals surface area contributed by atoms with E-state index in [2.05, 4.69) is 24.3 Å². The summed E-state index contributed by atoms with van der Waals surface area (Å²) in [5.74, 6) is 0.627. The van der Waals surface area contributed by atoms with E-state index in [0.717, 1.165) is 27.1 Å². The highest BCUT2D eigenvalue weighted by Gasteiger charge is 2.15. The van der Waals surface area contributed by atoms with Crippen molar-refractivity contribution in [2.75, 3.05) is 7.11 Å². The highest BCUT2D eigenvalue weighted by molar-refractivity contribution is 6.37. The van der Waals surface area contributed by atoms with E-state index in [4.69, 9.17) is 20.8 Å². The zero-order valence-corrected chi connectivity index (χ0v) is 11.6. The van der Waals surface area contributed by atoms with Gasteiger partial charge in [0, 0.05) is 16.2 Å². The van der Waals surface area contributed by atoms with Crippen LogP contribution in [0.2, 0.25) is 5.02 Å². The summed E-state index contributed by atoms with van der Waals surface area (Å²) in [6.07, 6.45) is 0. The molecule has 3 aromatic carbocycles. The van der Waals surface area contributed by atoms with Crippen LogP contribution >= 0.6 is 11.6 Å². The lowest BCUT2D eigenvalue weighted by Gasteiger charge is -2.01. The lowest BCUT2D eigenvalue weighted by Crippen LogP contribution is -1.83. The van der Waals surface area contributed by atoms with Gasteiger partial charge in [-0.25, -0.2) is 0 Å². The van der Waals surface area contributed by atoms with Crippen molar-refractivity contribution in [3.63, 3.8) is 0 Å². The van der Waals surface area contributed by atoms with Crippen LogP contribution in [-0.4, -0.2) is 7.11 Å². The number of halogens is 1. The van der Waals surface area contributed by atoms with Crippen molar-refractivity contribution < 1.29 is 9.15 Å². The fourth-order valence-corrected chi connectivity index (χ4v) is 2.96. The first-order chi connectivity index (χ1) is 9.79. The molecule has 4 rings (SSSR count). The first-order valence-corrected chi connectivity index (χ1v) is 6.74. The summed E-state index contributed by atoms with van der Waals surface area (Å²) >= 11 is 6.35. The summed E-state index contributed by atoms with van der Waals surface area (Å²) in [7, 11) is 1.60. The molecule has 98 valence electrons. The molecule has 4 aromatic rings. The molecule has 0 aliphatic heterocycles. The van der Waals surface area contributed by atoms with Crippen LogP contribution < -0.4 is 4.74 Å². The molecule has 0 N–H and O–H groups in total. The molecule has 1 aromatic heterocycles. The van der Waals surface area contributed by atoms with Crippen LogP contribution in [0.1, 0.15) is 0 Å². The third-order valence-electron chi connectivity index (χ3n) is 3.66. The van der Waals surface area contributed by atoms with E-state index in [1.807, 2.05) is 24.3 Å². The molecule has 0 aliphatic carbocycles. The van der Waals surface area contributed by atoms with Crippen LogP contribution in [0, 0.1) is 0 Å². The maximum Gasteiger partial charge on any atom is 0.157 e. The monoisotopic (exact) mass is 282 g/mol. The Morgan fingerprint density at radius 3 is 2.45 bits per heavy atom. The second kappa shape index (κ2) is 4.15. The van der Waals surface area contributed by atoms with E-state index in [0.29, 0.717) is 16.4 Å². The van der Waals surface area contributed by atoms with Gasteiger partial charge in [0.2, 0.25) is 0 Å². The Hall–Kier alpha value is -2.19. The van der Waals surface area contributed by atoms with E-state index in [-0.39, 0.29) is 0 Å². The van der Waals surface area contributed by atoms with Crippen molar-refractivity contribution in [1.29, 1.82) is 0 Å². The molecule has 0 saturated carbocycles. The van der Waals surface area contributed by atoms with Crippen LogP contribution in [0.4, 0.5) is 0 Å². The Morgan fingerprint density at radius 1 is 0.850 bits per heavy atom. The van der Waals surface area contributed by atoms with Gasteiger partial charge in [0.25, 0.3) is 0 Å². The van der Waals surface area contributed by atoms with Crippen molar-refractivity contribution in [2.45, 2.75) is 0 Å². The van der Waals surface area contributed by atoms with Crippen LogP contribution in [0.5, 0.6) is 5.75 Å². The van der Waals surface area contributed by atoms with Gasteiger partial charge in [0.1, 0.15) is 16.4 Å². The molecule has 3 heteroatoms. The van der Waals surface area contributed by atoms with Gasteiger partial charge in [-0.3, -0.25) is 0 Å². The Kier molecular flexibility index (Phi) is 2.41. The Bertz CT molecular complexity index is 953. The largest absolute Gasteiger partial charge is 0.495 e. The van der Waals surface area contributed by atoms with E-state index in [1.165, 1.54) is 0 Å². The van der Waals surface area contributed by atoms with E-state index >= 15 is 0 Å². The number of rotatable bonds is 1. The molecule has 20 heavy (non-hydrogen) atoms. The molecular formula is C17H11ClO2. The van der Waals surface area contributed by atoms with Crippen molar-refractivity contribution in [3.05, 3.63) is 53.6 Å². The van der Waals surface area contributed by atoms with Crippen molar-refractivity contribution in [3.8, 4) is 5.75 Å². The molecule has 0 atom stereocenters. The number of hydrogen-bond donors (Lipinski definition) is 0. The minimum absolute atomic E-state index is 0.519. The summed E-state index contributed by atoms with van der Waals surface area (Å²) in [5, 5.41) is 4.85. The number of furan rings is 1. The minimum atomic E-state index is 0.519. The SMILES string of the molecule is COc1ccc2c(oc3c4ccccc4ccc23)c1Cl. The maximum atomic E-state index is 6.35. The molecule has 0 bridgehead atoms. The lowest BCUT2D eigenvalue weighted by atomic mass is 10.1. The van der Waals surface area contributed by atoms with Gasteiger partial charge in [-0.15, -0.1) is 0 Å². The zero-order valence-electron chi connectivity index (χ0n) is 10.8. The topological polar surface area (TPSA) is 22.4 Å². The molecule has 1 heterocycles. The molecular weight excluding hydrogens is 272 g/mol. The summed E-state index contributed by atoms with van der Waals surface area (Å²) in [4.78, 5) is 0. The van der Waals surface area contributed by atoms with Crippen molar-refractivity contribution in [1.82, 2.24) is 0 Å². The third kappa shape index (κ3) is 1.46. The van der Waals surface area contributed by atoms with Gasteiger partial charge in [-0.05, 0) is 23.6 Å². The number of ether oxygens (including phenoxy) is 1. The molecule has 0 fully saturated rings. The van der Waals surface area contributed by atoms with Crippen LogP contribution in [0.15, 0.2) is 52.9 Å². The van der Waals surface area contributed by atoms with E-state index in [1.54, 1.807) is 7.11 Å². The smallest absolute Gasteiger partial charge is 0.157 e. The fourth-order valence-electron chi connectivity index (χ4n) is 2.67. The predicted molar refractivity (Wildman–Crippen MR) is 82.8 cm³/mol. The molecule has 0 saturated heterocycles. The fraction of sp³-hybridized carbons (Fsp3) is 0.0588. The van der Waals surface area contributed by atoms with Gasteiger partial charge in [-0.2, -0.15) is 0 Å².